The van der Waals surface area contributed by atoms with E-state index in [2.05, 4.69) is 4.98 Å². The number of fused-ring (bicyclic) bond motifs is 1. The smallest absolute Gasteiger partial charge is 0.229 e. The largest absolute Gasteiger partial charge is 0.438 e. The number of hydrogen-bond donors (Lipinski definition) is 1. The maximum atomic E-state index is 5.97. The van der Waals surface area contributed by atoms with Crippen molar-refractivity contribution >= 4 is 28.8 Å². The average Bonchev–Trinajstić information content (AvgIpc) is 2.88. The van der Waals surface area contributed by atoms with Crippen molar-refractivity contribution in [1.29, 1.82) is 0 Å². The van der Waals surface area contributed by atoms with E-state index in [1.54, 1.807) is 6.07 Å². The summed E-state index contributed by atoms with van der Waals surface area (Å²) in [5.74, 6) is 1.19. The van der Waals surface area contributed by atoms with Crippen LogP contribution < -0.4 is 10.5 Å². The fourth-order valence-corrected chi connectivity index (χ4v) is 2.91. The number of hydrogen-bond acceptors (Lipinski definition) is 3. The number of aryl methyl sites for hydroxylation is 3. The molecule has 0 amide bonds. The number of thiocarbonyl (C=S) groups is 1. The van der Waals surface area contributed by atoms with Crippen molar-refractivity contribution in [2.75, 3.05) is 0 Å². The zero-order valence-corrected chi connectivity index (χ0v) is 13.2. The summed E-state index contributed by atoms with van der Waals surface area (Å²) >= 11 is 11.1. The number of ether oxygens (including phenoxy) is 1. The first kappa shape index (κ1) is 14.3. The van der Waals surface area contributed by atoms with Crippen LogP contribution in [0.1, 0.15) is 28.8 Å². The highest BCUT2D eigenvalue weighted by atomic mass is 35.5. The third-order valence-corrected chi connectivity index (χ3v) is 4.08. The Morgan fingerprint density at radius 2 is 2.14 bits per heavy atom. The summed E-state index contributed by atoms with van der Waals surface area (Å²) in [6.45, 7) is 1.94. The molecule has 1 aromatic carbocycles. The van der Waals surface area contributed by atoms with E-state index in [-0.39, 0.29) is 0 Å². The van der Waals surface area contributed by atoms with E-state index in [1.807, 2.05) is 25.1 Å². The standard InChI is InChI=1S/C16H15ClN2OS/c1-9-7-11(17)5-6-14(9)20-16-12(15(18)21)8-10-3-2-4-13(10)19-16/h5-8H,2-4H2,1H3,(H2,18,21). The lowest BCUT2D eigenvalue weighted by molar-refractivity contribution is 0.456. The van der Waals surface area contributed by atoms with Crippen LogP contribution >= 0.6 is 23.8 Å². The van der Waals surface area contributed by atoms with Crippen molar-refractivity contribution < 1.29 is 4.74 Å². The Morgan fingerprint density at radius 3 is 2.86 bits per heavy atom. The molecule has 0 fully saturated rings. The maximum absolute atomic E-state index is 5.97. The van der Waals surface area contributed by atoms with Gasteiger partial charge >= 0.3 is 0 Å². The van der Waals surface area contributed by atoms with Crippen LogP contribution in [0, 0.1) is 6.92 Å². The van der Waals surface area contributed by atoms with Gasteiger partial charge in [0.1, 0.15) is 10.7 Å². The average molecular weight is 319 g/mol. The van der Waals surface area contributed by atoms with Crippen molar-refractivity contribution in [2.24, 2.45) is 5.73 Å². The minimum atomic E-state index is 0.304. The molecule has 0 aliphatic heterocycles. The Morgan fingerprint density at radius 1 is 1.33 bits per heavy atom. The molecule has 3 rings (SSSR count). The zero-order valence-electron chi connectivity index (χ0n) is 11.6. The number of nitrogens with two attached hydrogens (primary N) is 1. The second kappa shape index (κ2) is 5.62. The lowest BCUT2D eigenvalue weighted by Crippen LogP contribution is -2.13. The molecule has 5 heteroatoms. The second-order valence-electron chi connectivity index (χ2n) is 5.18. The lowest BCUT2D eigenvalue weighted by atomic mass is 10.1. The van der Waals surface area contributed by atoms with Gasteiger partial charge in [-0.15, -0.1) is 0 Å². The molecular formula is C16H15ClN2OS. The molecule has 3 nitrogen and oxygen atoms in total. The van der Waals surface area contributed by atoms with Gasteiger partial charge in [-0.3, -0.25) is 0 Å². The van der Waals surface area contributed by atoms with E-state index >= 15 is 0 Å². The first-order valence-electron chi connectivity index (χ1n) is 6.81. The van der Waals surface area contributed by atoms with Gasteiger partial charge in [0, 0.05) is 10.7 Å². The molecule has 1 heterocycles. The van der Waals surface area contributed by atoms with Crippen LogP contribution in [0.5, 0.6) is 11.6 Å². The molecule has 0 atom stereocenters. The van der Waals surface area contributed by atoms with Crippen molar-refractivity contribution in [2.45, 2.75) is 26.2 Å². The lowest BCUT2D eigenvalue weighted by Gasteiger charge is -2.13. The molecule has 0 spiro atoms. The molecule has 0 bridgehead atoms. The van der Waals surface area contributed by atoms with Crippen LogP contribution in [0.15, 0.2) is 24.3 Å². The van der Waals surface area contributed by atoms with Crippen LogP contribution in [0.4, 0.5) is 0 Å². The van der Waals surface area contributed by atoms with Crippen LogP contribution in [0.25, 0.3) is 0 Å². The van der Waals surface area contributed by atoms with Gasteiger partial charge < -0.3 is 10.5 Å². The highest BCUT2D eigenvalue weighted by molar-refractivity contribution is 7.80. The SMILES string of the molecule is Cc1cc(Cl)ccc1Oc1nc2c(cc1C(N)=S)CCC2. The van der Waals surface area contributed by atoms with Crippen LogP contribution in [-0.2, 0) is 12.8 Å². The van der Waals surface area contributed by atoms with Crippen LogP contribution in [-0.4, -0.2) is 9.97 Å². The summed E-state index contributed by atoms with van der Waals surface area (Å²) < 4.78 is 5.94. The molecule has 0 radical (unpaired) electrons. The van der Waals surface area contributed by atoms with E-state index < -0.39 is 0 Å². The van der Waals surface area contributed by atoms with Crippen LogP contribution in [0.3, 0.4) is 0 Å². The highest BCUT2D eigenvalue weighted by Crippen LogP contribution is 2.31. The Bertz CT molecular complexity index is 730. The molecule has 0 saturated heterocycles. The van der Waals surface area contributed by atoms with Gasteiger partial charge in [-0.05, 0) is 61.6 Å². The third kappa shape index (κ3) is 2.87. The van der Waals surface area contributed by atoms with Gasteiger partial charge in [-0.25, -0.2) is 4.98 Å². The molecule has 1 aliphatic carbocycles. The molecule has 2 N–H and O–H groups in total. The minimum Gasteiger partial charge on any atom is -0.438 e. The van der Waals surface area contributed by atoms with Crippen molar-refractivity contribution in [3.63, 3.8) is 0 Å². The van der Waals surface area contributed by atoms with Crippen molar-refractivity contribution in [1.82, 2.24) is 4.98 Å². The molecule has 1 aliphatic rings. The van der Waals surface area contributed by atoms with Gasteiger partial charge in [0.2, 0.25) is 5.88 Å². The molecular weight excluding hydrogens is 304 g/mol. The van der Waals surface area contributed by atoms with Crippen molar-refractivity contribution in [3.05, 3.63) is 51.7 Å². The van der Waals surface area contributed by atoms with Gasteiger partial charge in [0.05, 0.1) is 5.56 Å². The van der Waals surface area contributed by atoms with E-state index in [0.29, 0.717) is 27.2 Å². The molecule has 0 saturated carbocycles. The Kier molecular flexibility index (Phi) is 3.83. The van der Waals surface area contributed by atoms with Gasteiger partial charge in [0.15, 0.2) is 0 Å². The topological polar surface area (TPSA) is 48.1 Å². The number of rotatable bonds is 3. The van der Waals surface area contributed by atoms with Crippen LogP contribution in [0.2, 0.25) is 5.02 Å². The summed E-state index contributed by atoms with van der Waals surface area (Å²) in [6.07, 6.45) is 3.11. The first-order valence-corrected chi connectivity index (χ1v) is 7.60. The van der Waals surface area contributed by atoms with E-state index in [1.165, 1.54) is 5.56 Å². The van der Waals surface area contributed by atoms with E-state index in [9.17, 15) is 0 Å². The fourth-order valence-electron chi connectivity index (χ4n) is 2.54. The molecule has 1 aromatic heterocycles. The number of halogens is 1. The molecule has 0 unspecified atom stereocenters. The molecule has 108 valence electrons. The summed E-state index contributed by atoms with van der Waals surface area (Å²) in [4.78, 5) is 4.92. The summed E-state index contributed by atoms with van der Waals surface area (Å²) in [6, 6.07) is 7.48. The summed E-state index contributed by atoms with van der Waals surface area (Å²) in [5.41, 5.74) is 9.75. The van der Waals surface area contributed by atoms with Gasteiger partial charge in [0.25, 0.3) is 0 Å². The number of pyridine rings is 1. The number of aromatic nitrogens is 1. The van der Waals surface area contributed by atoms with Gasteiger partial charge in [-0.1, -0.05) is 23.8 Å². The van der Waals surface area contributed by atoms with Gasteiger partial charge in [-0.2, -0.15) is 0 Å². The molecule has 21 heavy (non-hydrogen) atoms. The first-order chi connectivity index (χ1) is 10.0. The highest BCUT2D eigenvalue weighted by Gasteiger charge is 2.19. The van der Waals surface area contributed by atoms with Crippen molar-refractivity contribution in [3.8, 4) is 11.6 Å². The van der Waals surface area contributed by atoms with E-state index in [0.717, 1.165) is 30.5 Å². The maximum Gasteiger partial charge on any atom is 0.229 e. The Labute approximate surface area is 134 Å². The molecule has 2 aromatic rings. The Hall–Kier alpha value is -1.65. The monoisotopic (exact) mass is 318 g/mol. The predicted octanol–water partition coefficient (Wildman–Crippen LogP) is 3.96. The minimum absolute atomic E-state index is 0.304. The van der Waals surface area contributed by atoms with E-state index in [4.69, 9.17) is 34.3 Å². The predicted molar refractivity (Wildman–Crippen MR) is 88.4 cm³/mol. The zero-order chi connectivity index (χ0) is 15.0. The number of benzene rings is 1. The third-order valence-electron chi connectivity index (χ3n) is 3.62. The summed E-state index contributed by atoms with van der Waals surface area (Å²) in [5, 5.41) is 0.677. The fraction of sp³-hybridized carbons (Fsp3) is 0.250. The number of nitrogens with zero attached hydrogens (tertiary/aromatic N) is 1. The summed E-state index contributed by atoms with van der Waals surface area (Å²) in [7, 11) is 0. The quantitative estimate of drug-likeness (QED) is 0.870. The Balaban J connectivity index is 2.03. The second-order valence-corrected chi connectivity index (χ2v) is 6.05. The normalized spacial score (nSPS) is 13.0.